The van der Waals surface area contributed by atoms with Crippen LogP contribution in [0.25, 0.3) is 0 Å². The number of rotatable bonds is 1. The van der Waals surface area contributed by atoms with E-state index in [1.807, 2.05) is 0 Å². The van der Waals surface area contributed by atoms with Gasteiger partial charge in [-0.05, 0) is 18.6 Å². The summed E-state index contributed by atoms with van der Waals surface area (Å²) in [5.74, 6) is -0.555. The molecule has 0 atom stereocenters. The number of hydrogen-bond donors (Lipinski definition) is 2. The van der Waals surface area contributed by atoms with E-state index in [0.717, 1.165) is 6.07 Å². The SMILES string of the molecule is Cc1cc(N)c(OC(N)=O)cc1F. The summed E-state index contributed by atoms with van der Waals surface area (Å²) in [7, 11) is 0. The Kier molecular flexibility index (Phi) is 2.36. The van der Waals surface area contributed by atoms with Crippen LogP contribution in [0.4, 0.5) is 14.9 Å². The van der Waals surface area contributed by atoms with Gasteiger partial charge in [-0.15, -0.1) is 0 Å². The molecule has 0 saturated heterocycles. The summed E-state index contributed by atoms with van der Waals surface area (Å²) in [6, 6.07) is 2.39. The second-order valence-electron chi connectivity index (χ2n) is 2.56. The Morgan fingerprint density at radius 2 is 2.15 bits per heavy atom. The van der Waals surface area contributed by atoms with Gasteiger partial charge in [-0.1, -0.05) is 0 Å². The van der Waals surface area contributed by atoms with Gasteiger partial charge in [0.25, 0.3) is 0 Å². The van der Waals surface area contributed by atoms with Crippen molar-refractivity contribution >= 4 is 11.8 Å². The van der Waals surface area contributed by atoms with Gasteiger partial charge in [0.15, 0.2) is 5.75 Å². The Balaban J connectivity index is 3.08. The molecule has 0 bridgehead atoms. The van der Waals surface area contributed by atoms with Gasteiger partial charge >= 0.3 is 6.09 Å². The summed E-state index contributed by atoms with van der Waals surface area (Å²) in [5, 5.41) is 0. The van der Waals surface area contributed by atoms with E-state index in [4.69, 9.17) is 11.5 Å². The average Bonchev–Trinajstić information content (AvgIpc) is 1.99. The van der Waals surface area contributed by atoms with E-state index in [1.54, 1.807) is 6.92 Å². The van der Waals surface area contributed by atoms with Crippen LogP contribution < -0.4 is 16.2 Å². The summed E-state index contributed by atoms with van der Waals surface area (Å²) in [4.78, 5) is 10.3. The van der Waals surface area contributed by atoms with Crippen molar-refractivity contribution in [2.75, 3.05) is 5.73 Å². The van der Waals surface area contributed by atoms with Crippen molar-refractivity contribution < 1.29 is 13.9 Å². The third kappa shape index (κ3) is 2.08. The molecule has 4 N–H and O–H groups in total. The molecule has 1 aromatic carbocycles. The molecule has 0 saturated carbocycles. The van der Waals surface area contributed by atoms with Crippen LogP contribution in [-0.2, 0) is 0 Å². The maximum atomic E-state index is 12.9. The summed E-state index contributed by atoms with van der Waals surface area (Å²) in [5.41, 5.74) is 10.7. The lowest BCUT2D eigenvalue weighted by molar-refractivity contribution is 0.211. The van der Waals surface area contributed by atoms with Gasteiger partial charge in [-0.3, -0.25) is 0 Å². The molecule has 0 fully saturated rings. The third-order valence-electron chi connectivity index (χ3n) is 1.50. The summed E-state index contributed by atoms with van der Waals surface area (Å²) in [6.07, 6.45) is -1.02. The minimum atomic E-state index is -1.02. The second-order valence-corrected chi connectivity index (χ2v) is 2.56. The molecular weight excluding hydrogens is 175 g/mol. The minimum Gasteiger partial charge on any atom is -0.408 e. The molecule has 0 aromatic heterocycles. The van der Waals surface area contributed by atoms with Gasteiger partial charge in [0.2, 0.25) is 0 Å². The zero-order chi connectivity index (χ0) is 10.0. The quantitative estimate of drug-likeness (QED) is 0.643. The molecule has 13 heavy (non-hydrogen) atoms. The Hall–Kier alpha value is -1.78. The number of aryl methyl sites for hydroxylation is 1. The number of primary amides is 1. The van der Waals surface area contributed by atoms with Crippen molar-refractivity contribution in [2.45, 2.75) is 6.92 Å². The molecule has 0 spiro atoms. The standard InChI is InChI=1S/C8H9FN2O2/c1-4-2-6(10)7(3-5(4)9)13-8(11)12/h2-3H,10H2,1H3,(H2,11,12). The number of carbonyl (C=O) groups excluding carboxylic acids is 1. The third-order valence-corrected chi connectivity index (χ3v) is 1.50. The van der Waals surface area contributed by atoms with Crippen LogP contribution in [0.2, 0.25) is 0 Å². The van der Waals surface area contributed by atoms with Crippen LogP contribution in [-0.4, -0.2) is 6.09 Å². The first kappa shape index (κ1) is 9.31. The van der Waals surface area contributed by atoms with E-state index in [1.165, 1.54) is 6.07 Å². The van der Waals surface area contributed by atoms with Crippen LogP contribution in [0.5, 0.6) is 5.75 Å². The second kappa shape index (κ2) is 3.30. The first-order valence-corrected chi connectivity index (χ1v) is 3.53. The zero-order valence-electron chi connectivity index (χ0n) is 7.00. The van der Waals surface area contributed by atoms with E-state index in [2.05, 4.69) is 4.74 Å². The van der Waals surface area contributed by atoms with Gasteiger partial charge in [-0.25, -0.2) is 9.18 Å². The van der Waals surface area contributed by atoms with Crippen molar-refractivity contribution in [3.8, 4) is 5.75 Å². The average molecular weight is 184 g/mol. The Morgan fingerprint density at radius 1 is 1.54 bits per heavy atom. The maximum Gasteiger partial charge on any atom is 0.410 e. The molecule has 5 heteroatoms. The predicted molar refractivity (Wildman–Crippen MR) is 45.8 cm³/mol. The largest absolute Gasteiger partial charge is 0.410 e. The van der Waals surface area contributed by atoms with Crippen molar-refractivity contribution in [2.24, 2.45) is 5.73 Å². The van der Waals surface area contributed by atoms with Crippen LogP contribution in [0.1, 0.15) is 5.56 Å². The molecule has 0 heterocycles. The fourth-order valence-corrected chi connectivity index (χ4v) is 0.882. The molecule has 0 aliphatic carbocycles. The highest BCUT2D eigenvalue weighted by molar-refractivity contribution is 5.71. The molecule has 70 valence electrons. The number of carbonyl (C=O) groups is 1. The van der Waals surface area contributed by atoms with Gasteiger partial charge in [-0.2, -0.15) is 0 Å². The Bertz CT molecular complexity index is 352. The van der Waals surface area contributed by atoms with Gasteiger partial charge in [0.05, 0.1) is 5.69 Å². The minimum absolute atomic E-state index is 0.0596. The van der Waals surface area contributed by atoms with E-state index >= 15 is 0 Å². The highest BCUT2D eigenvalue weighted by Gasteiger charge is 2.07. The number of nitrogen functional groups attached to an aromatic ring is 1. The van der Waals surface area contributed by atoms with E-state index in [9.17, 15) is 9.18 Å². The number of hydrogen-bond acceptors (Lipinski definition) is 3. The molecule has 0 radical (unpaired) electrons. The molecule has 1 rings (SSSR count). The smallest absolute Gasteiger partial charge is 0.408 e. The van der Waals surface area contributed by atoms with Gasteiger partial charge in [0.1, 0.15) is 5.82 Å². The van der Waals surface area contributed by atoms with Crippen molar-refractivity contribution in [3.05, 3.63) is 23.5 Å². The number of nitrogens with two attached hydrogens (primary N) is 2. The van der Waals surface area contributed by atoms with Gasteiger partial charge in [0, 0.05) is 6.07 Å². The van der Waals surface area contributed by atoms with Crippen LogP contribution in [0, 0.1) is 12.7 Å². The number of halogens is 1. The van der Waals surface area contributed by atoms with Crippen molar-refractivity contribution in [1.29, 1.82) is 0 Å². The normalized spacial score (nSPS) is 9.69. The van der Waals surface area contributed by atoms with Gasteiger partial charge < -0.3 is 16.2 Å². The number of ether oxygens (including phenoxy) is 1. The van der Waals surface area contributed by atoms with Crippen LogP contribution >= 0.6 is 0 Å². The van der Waals surface area contributed by atoms with E-state index in [-0.39, 0.29) is 11.4 Å². The fraction of sp³-hybridized carbons (Fsp3) is 0.125. The maximum absolute atomic E-state index is 12.9. The van der Waals surface area contributed by atoms with Crippen molar-refractivity contribution in [1.82, 2.24) is 0 Å². The van der Waals surface area contributed by atoms with Crippen LogP contribution in [0.15, 0.2) is 12.1 Å². The summed E-state index contributed by atoms with van der Waals surface area (Å²) in [6.45, 7) is 1.56. The Labute approximate surface area is 74.3 Å². The van der Waals surface area contributed by atoms with Crippen molar-refractivity contribution in [3.63, 3.8) is 0 Å². The fourth-order valence-electron chi connectivity index (χ4n) is 0.882. The summed E-state index contributed by atoms with van der Waals surface area (Å²) >= 11 is 0. The van der Waals surface area contributed by atoms with E-state index < -0.39 is 11.9 Å². The Morgan fingerprint density at radius 3 is 2.69 bits per heavy atom. The molecule has 4 nitrogen and oxygen atoms in total. The first-order chi connectivity index (χ1) is 6.00. The molecular formula is C8H9FN2O2. The molecule has 1 aromatic rings. The first-order valence-electron chi connectivity index (χ1n) is 3.53. The zero-order valence-corrected chi connectivity index (χ0v) is 7.00. The molecule has 0 aliphatic rings. The van der Waals surface area contributed by atoms with Crippen LogP contribution in [0.3, 0.4) is 0 Å². The predicted octanol–water partition coefficient (Wildman–Crippen LogP) is 1.17. The number of benzene rings is 1. The monoisotopic (exact) mass is 184 g/mol. The number of anilines is 1. The lowest BCUT2D eigenvalue weighted by Crippen LogP contribution is -2.17. The molecule has 0 unspecified atom stereocenters. The highest BCUT2D eigenvalue weighted by Crippen LogP contribution is 2.24. The molecule has 0 aliphatic heterocycles. The lowest BCUT2D eigenvalue weighted by Gasteiger charge is -2.05. The highest BCUT2D eigenvalue weighted by atomic mass is 19.1. The summed E-state index contributed by atoms with van der Waals surface area (Å²) < 4.78 is 17.4. The van der Waals surface area contributed by atoms with E-state index in [0.29, 0.717) is 5.56 Å². The topological polar surface area (TPSA) is 78.3 Å². The lowest BCUT2D eigenvalue weighted by atomic mass is 10.2. The number of amides is 1. The molecule has 1 amide bonds.